The maximum atomic E-state index is 13.4. The molecule has 0 spiro atoms. The highest BCUT2D eigenvalue weighted by Crippen LogP contribution is 2.17. The van der Waals surface area contributed by atoms with Crippen LogP contribution in [0.3, 0.4) is 0 Å². The summed E-state index contributed by atoms with van der Waals surface area (Å²) in [5.74, 6) is 0.204. The fourth-order valence-corrected chi connectivity index (χ4v) is 4.07. The molecule has 0 aliphatic heterocycles. The molecule has 0 saturated carbocycles. The highest BCUT2D eigenvalue weighted by atomic mass is 32.1. The van der Waals surface area contributed by atoms with Gasteiger partial charge in [0, 0.05) is 13.0 Å². The van der Waals surface area contributed by atoms with Gasteiger partial charge in [-0.05, 0) is 75.0 Å². The van der Waals surface area contributed by atoms with Gasteiger partial charge in [0.15, 0.2) is 5.11 Å². The Kier molecular flexibility index (Phi) is 13.2. The molecule has 0 unspecified atom stereocenters. The maximum Gasteiger partial charge on any atom is 0.329 e. The van der Waals surface area contributed by atoms with Crippen molar-refractivity contribution in [3.63, 3.8) is 0 Å². The summed E-state index contributed by atoms with van der Waals surface area (Å²) in [5, 5.41) is 9.66. The first-order chi connectivity index (χ1) is 18.5. The number of hydrogen-bond donors (Lipinski definition) is 3. The summed E-state index contributed by atoms with van der Waals surface area (Å²) in [6.45, 7) is 12.8. The van der Waals surface area contributed by atoms with Gasteiger partial charge < -0.3 is 25.4 Å². The Morgan fingerprint density at radius 1 is 0.923 bits per heavy atom. The van der Waals surface area contributed by atoms with Crippen LogP contribution < -0.4 is 20.7 Å². The van der Waals surface area contributed by atoms with E-state index in [1.807, 2.05) is 89.2 Å². The number of rotatable bonds is 14. The molecular formula is C31H45N3O4S. The quantitative estimate of drug-likeness (QED) is 0.165. The number of benzene rings is 2. The van der Waals surface area contributed by atoms with Gasteiger partial charge in [-0.2, -0.15) is 0 Å². The molecule has 0 aromatic heterocycles. The lowest BCUT2D eigenvalue weighted by Crippen LogP contribution is -2.55. The van der Waals surface area contributed by atoms with Crippen LogP contribution in [0.4, 0.5) is 0 Å². The zero-order valence-electron chi connectivity index (χ0n) is 24.2. The first-order valence-electron chi connectivity index (χ1n) is 13.8. The van der Waals surface area contributed by atoms with Gasteiger partial charge in [0.25, 0.3) is 0 Å². The molecule has 0 aliphatic rings. The second-order valence-corrected chi connectivity index (χ2v) is 11.6. The minimum Gasteiger partial charge on any atom is -0.489 e. The van der Waals surface area contributed by atoms with Gasteiger partial charge in [0.1, 0.15) is 30.0 Å². The zero-order chi connectivity index (χ0) is 28.8. The van der Waals surface area contributed by atoms with Crippen molar-refractivity contribution in [2.24, 2.45) is 5.92 Å². The lowest BCUT2D eigenvalue weighted by atomic mass is 10.0. The van der Waals surface area contributed by atoms with Crippen LogP contribution in [-0.4, -0.2) is 41.2 Å². The van der Waals surface area contributed by atoms with E-state index in [9.17, 15) is 9.59 Å². The summed E-state index contributed by atoms with van der Waals surface area (Å²) in [6, 6.07) is 16.1. The van der Waals surface area contributed by atoms with Crippen molar-refractivity contribution < 1.29 is 19.1 Å². The number of hydrogen-bond acceptors (Lipinski definition) is 5. The molecule has 2 atom stereocenters. The van der Waals surface area contributed by atoms with Crippen LogP contribution in [0.25, 0.3) is 0 Å². The Labute approximate surface area is 239 Å². The average Bonchev–Trinajstić information content (AvgIpc) is 2.87. The Morgan fingerprint density at radius 3 is 2.18 bits per heavy atom. The van der Waals surface area contributed by atoms with Crippen molar-refractivity contribution in [3.05, 3.63) is 65.7 Å². The van der Waals surface area contributed by atoms with Crippen LogP contribution >= 0.6 is 12.2 Å². The first-order valence-corrected chi connectivity index (χ1v) is 14.2. The summed E-state index contributed by atoms with van der Waals surface area (Å²) in [4.78, 5) is 26.5. The normalized spacial score (nSPS) is 12.8. The second-order valence-electron chi connectivity index (χ2n) is 11.2. The molecule has 0 aliphatic carbocycles. The molecular weight excluding hydrogens is 510 g/mol. The monoisotopic (exact) mass is 555 g/mol. The van der Waals surface area contributed by atoms with Crippen LogP contribution in [0, 0.1) is 5.92 Å². The van der Waals surface area contributed by atoms with Crippen LogP contribution in [0.15, 0.2) is 54.6 Å². The van der Waals surface area contributed by atoms with Crippen molar-refractivity contribution in [1.29, 1.82) is 0 Å². The van der Waals surface area contributed by atoms with Crippen LogP contribution in [-0.2, 0) is 27.4 Å². The number of ether oxygens (including phenoxy) is 2. The summed E-state index contributed by atoms with van der Waals surface area (Å²) >= 11 is 5.42. The SMILES string of the molecule is CCCCNC(=S)N[C@@H](CC(C)C)C(=O)N[C@@H](Cc1ccc(OCc2ccccc2)cc1)C(=O)OC(C)(C)C. The summed E-state index contributed by atoms with van der Waals surface area (Å²) < 4.78 is 11.5. The van der Waals surface area contributed by atoms with Crippen molar-refractivity contribution in [3.8, 4) is 5.75 Å². The van der Waals surface area contributed by atoms with E-state index in [0.717, 1.165) is 36.3 Å². The van der Waals surface area contributed by atoms with Crippen molar-refractivity contribution in [2.45, 2.75) is 91.5 Å². The van der Waals surface area contributed by atoms with Gasteiger partial charge in [-0.1, -0.05) is 69.7 Å². The molecule has 39 heavy (non-hydrogen) atoms. The van der Waals surface area contributed by atoms with Crippen LogP contribution in [0.5, 0.6) is 5.75 Å². The second kappa shape index (κ2) is 16.1. The van der Waals surface area contributed by atoms with Gasteiger partial charge in [0.2, 0.25) is 5.91 Å². The number of amides is 1. The highest BCUT2D eigenvalue weighted by molar-refractivity contribution is 7.80. The topological polar surface area (TPSA) is 88.7 Å². The van der Waals surface area contributed by atoms with Crippen molar-refractivity contribution in [2.75, 3.05) is 6.54 Å². The number of thiocarbonyl (C=S) groups is 1. The molecule has 7 nitrogen and oxygen atoms in total. The number of carbonyl (C=O) groups is 2. The van der Waals surface area contributed by atoms with Crippen molar-refractivity contribution >= 4 is 29.2 Å². The predicted molar refractivity (Wildman–Crippen MR) is 161 cm³/mol. The molecule has 0 fully saturated rings. The Balaban J connectivity index is 2.11. The fraction of sp³-hybridized carbons (Fsp3) is 0.516. The third-order valence-electron chi connectivity index (χ3n) is 5.76. The molecule has 214 valence electrons. The van der Waals surface area contributed by atoms with E-state index in [1.54, 1.807) is 0 Å². The summed E-state index contributed by atoms with van der Waals surface area (Å²) in [5.41, 5.74) is 1.28. The standard InChI is InChI=1S/C31H45N3O4S/c1-7-8-18-32-30(39)34-26(19-22(2)3)28(35)33-27(29(36)38-31(4,5)6)20-23-14-16-25(17-15-23)37-21-24-12-10-9-11-13-24/h9-17,22,26-27H,7-8,18-21H2,1-6H3,(H,33,35)(H2,32,34,39)/t26-,27-/m0/s1. The molecule has 0 radical (unpaired) electrons. The molecule has 1 amide bonds. The molecule has 2 aromatic carbocycles. The highest BCUT2D eigenvalue weighted by Gasteiger charge is 2.30. The molecule has 0 bridgehead atoms. The zero-order valence-corrected chi connectivity index (χ0v) is 25.0. The van der Waals surface area contributed by atoms with E-state index >= 15 is 0 Å². The lowest BCUT2D eigenvalue weighted by Gasteiger charge is -2.27. The van der Waals surface area contributed by atoms with E-state index in [4.69, 9.17) is 21.7 Å². The molecule has 8 heteroatoms. The van der Waals surface area contributed by atoms with Gasteiger partial charge in [0.05, 0.1) is 0 Å². The summed E-state index contributed by atoms with van der Waals surface area (Å²) in [6.07, 6.45) is 2.88. The van der Waals surface area contributed by atoms with E-state index < -0.39 is 23.7 Å². The van der Waals surface area contributed by atoms with Gasteiger partial charge in [-0.3, -0.25) is 4.79 Å². The fourth-order valence-electron chi connectivity index (χ4n) is 3.83. The molecule has 0 heterocycles. The lowest BCUT2D eigenvalue weighted by molar-refractivity contribution is -0.158. The molecule has 0 saturated heterocycles. The average molecular weight is 556 g/mol. The summed E-state index contributed by atoms with van der Waals surface area (Å²) in [7, 11) is 0. The van der Waals surface area contributed by atoms with Crippen LogP contribution in [0.1, 0.15) is 71.9 Å². The van der Waals surface area contributed by atoms with Crippen molar-refractivity contribution in [1.82, 2.24) is 16.0 Å². The Hall–Kier alpha value is -3.13. The smallest absolute Gasteiger partial charge is 0.329 e. The van der Waals surface area contributed by atoms with E-state index in [0.29, 0.717) is 18.1 Å². The molecule has 2 aromatic rings. The number of nitrogens with one attached hydrogen (secondary N) is 3. The van der Waals surface area contributed by atoms with Gasteiger partial charge >= 0.3 is 5.97 Å². The molecule has 2 rings (SSSR count). The Bertz CT molecular complexity index is 1040. The number of carbonyl (C=O) groups excluding carboxylic acids is 2. The first kappa shape index (κ1) is 32.1. The van der Waals surface area contributed by atoms with E-state index in [1.165, 1.54) is 0 Å². The minimum absolute atomic E-state index is 0.245. The number of unbranched alkanes of at least 4 members (excludes halogenated alkanes) is 1. The van der Waals surface area contributed by atoms with Crippen LogP contribution in [0.2, 0.25) is 0 Å². The predicted octanol–water partition coefficient (Wildman–Crippen LogP) is 5.31. The van der Waals surface area contributed by atoms with Gasteiger partial charge in [-0.15, -0.1) is 0 Å². The van der Waals surface area contributed by atoms with E-state index in [-0.39, 0.29) is 18.2 Å². The third kappa shape index (κ3) is 13.0. The largest absolute Gasteiger partial charge is 0.489 e. The molecule has 3 N–H and O–H groups in total. The third-order valence-corrected chi connectivity index (χ3v) is 6.03. The Morgan fingerprint density at radius 2 is 1.59 bits per heavy atom. The minimum atomic E-state index is -0.856. The number of esters is 1. The van der Waals surface area contributed by atoms with Gasteiger partial charge in [-0.25, -0.2) is 4.79 Å². The van der Waals surface area contributed by atoms with E-state index in [2.05, 4.69) is 22.9 Å². The maximum absolute atomic E-state index is 13.4.